The lowest BCUT2D eigenvalue weighted by atomic mass is 10.1. The maximum Gasteiger partial charge on any atom is 0.255 e. The van der Waals surface area contributed by atoms with Crippen molar-refractivity contribution in [1.29, 1.82) is 0 Å². The summed E-state index contributed by atoms with van der Waals surface area (Å²) in [5, 5.41) is 6.30. The number of ether oxygens (including phenoxy) is 1. The van der Waals surface area contributed by atoms with Gasteiger partial charge in [-0.25, -0.2) is 8.78 Å². The van der Waals surface area contributed by atoms with Gasteiger partial charge in [0.1, 0.15) is 17.4 Å². The number of halogens is 2. The van der Waals surface area contributed by atoms with E-state index in [4.69, 9.17) is 4.74 Å². The molecule has 2 aliphatic rings. The van der Waals surface area contributed by atoms with Crippen LogP contribution in [0.5, 0.6) is 5.75 Å². The predicted octanol–water partition coefficient (Wildman–Crippen LogP) is 4.01. The predicted molar refractivity (Wildman–Crippen MR) is 160 cm³/mol. The van der Waals surface area contributed by atoms with Crippen LogP contribution in [0, 0.1) is 11.6 Å². The third kappa shape index (κ3) is 7.29. The van der Waals surface area contributed by atoms with Gasteiger partial charge in [-0.05, 0) is 67.9 Å². The summed E-state index contributed by atoms with van der Waals surface area (Å²) in [6, 6.07) is 14.9. The SMILES string of the molecule is COc1cccc(C(=O)Nc2cc(C(=O)N3CCCNCC3)ccc2N2CCCN(C(=O)c3cc(F)cc(F)c3)CC2)c1. The summed E-state index contributed by atoms with van der Waals surface area (Å²) in [5.41, 5.74) is 2.00. The van der Waals surface area contributed by atoms with E-state index < -0.39 is 17.5 Å². The van der Waals surface area contributed by atoms with Crippen LogP contribution in [0.1, 0.15) is 43.9 Å². The summed E-state index contributed by atoms with van der Waals surface area (Å²) in [6.07, 6.45) is 1.45. The van der Waals surface area contributed by atoms with Gasteiger partial charge in [0, 0.05) is 68.6 Å². The molecular weight excluding hydrogens is 556 g/mol. The Morgan fingerprint density at radius 3 is 2.28 bits per heavy atom. The second-order valence-corrected chi connectivity index (χ2v) is 10.6. The summed E-state index contributed by atoms with van der Waals surface area (Å²) in [4.78, 5) is 45.3. The van der Waals surface area contributed by atoms with E-state index in [0.29, 0.717) is 80.5 Å². The number of nitrogens with zero attached hydrogens (tertiary/aromatic N) is 3. The summed E-state index contributed by atoms with van der Waals surface area (Å²) in [6.45, 7) is 4.49. The maximum atomic E-state index is 13.8. The van der Waals surface area contributed by atoms with E-state index in [1.165, 1.54) is 7.11 Å². The van der Waals surface area contributed by atoms with Crippen LogP contribution in [-0.2, 0) is 0 Å². The number of rotatable bonds is 6. The molecule has 0 saturated carbocycles. The lowest BCUT2D eigenvalue weighted by Crippen LogP contribution is -2.36. The Hall–Kier alpha value is -4.51. The molecule has 9 nitrogen and oxygen atoms in total. The molecule has 43 heavy (non-hydrogen) atoms. The molecule has 0 aromatic heterocycles. The van der Waals surface area contributed by atoms with Crippen molar-refractivity contribution < 1.29 is 27.9 Å². The first-order valence-corrected chi connectivity index (χ1v) is 14.4. The highest BCUT2D eigenvalue weighted by Gasteiger charge is 2.25. The van der Waals surface area contributed by atoms with Crippen molar-refractivity contribution in [3.05, 3.63) is 89.0 Å². The molecule has 3 aromatic rings. The van der Waals surface area contributed by atoms with E-state index in [9.17, 15) is 23.2 Å². The van der Waals surface area contributed by atoms with E-state index in [1.54, 1.807) is 41.3 Å². The van der Waals surface area contributed by atoms with E-state index in [1.807, 2.05) is 15.9 Å². The molecular formula is C32H35F2N5O4. The Kier molecular flexibility index (Phi) is 9.51. The number of carbonyl (C=O) groups is 3. The fourth-order valence-corrected chi connectivity index (χ4v) is 5.46. The fraction of sp³-hybridized carbons (Fsp3) is 0.344. The fourth-order valence-electron chi connectivity index (χ4n) is 5.46. The third-order valence-electron chi connectivity index (χ3n) is 7.68. The molecule has 2 heterocycles. The molecule has 11 heteroatoms. The largest absolute Gasteiger partial charge is 0.497 e. The lowest BCUT2D eigenvalue weighted by molar-refractivity contribution is 0.0758. The maximum absolute atomic E-state index is 13.8. The zero-order valence-corrected chi connectivity index (χ0v) is 24.1. The Bertz CT molecular complexity index is 1470. The monoisotopic (exact) mass is 591 g/mol. The van der Waals surface area contributed by atoms with Crippen LogP contribution in [0.4, 0.5) is 20.2 Å². The number of hydrogen-bond acceptors (Lipinski definition) is 6. The van der Waals surface area contributed by atoms with Crippen molar-refractivity contribution in [3.8, 4) is 5.75 Å². The minimum atomic E-state index is -0.803. The number of hydrogen-bond donors (Lipinski definition) is 2. The number of carbonyl (C=O) groups excluding carboxylic acids is 3. The lowest BCUT2D eigenvalue weighted by Gasteiger charge is -2.27. The molecule has 2 fully saturated rings. The third-order valence-corrected chi connectivity index (χ3v) is 7.68. The van der Waals surface area contributed by atoms with Gasteiger partial charge >= 0.3 is 0 Å². The smallest absolute Gasteiger partial charge is 0.255 e. The summed E-state index contributed by atoms with van der Waals surface area (Å²) < 4.78 is 32.8. The quantitative estimate of drug-likeness (QED) is 0.450. The molecule has 0 radical (unpaired) electrons. The molecule has 0 bridgehead atoms. The molecule has 0 unspecified atom stereocenters. The van der Waals surface area contributed by atoms with Crippen molar-refractivity contribution in [2.24, 2.45) is 0 Å². The van der Waals surface area contributed by atoms with Crippen LogP contribution in [0.2, 0.25) is 0 Å². The second-order valence-electron chi connectivity index (χ2n) is 10.6. The molecule has 0 spiro atoms. The first-order chi connectivity index (χ1) is 20.8. The molecule has 2 N–H and O–H groups in total. The van der Waals surface area contributed by atoms with E-state index in [0.717, 1.165) is 31.2 Å². The number of benzene rings is 3. The Morgan fingerprint density at radius 2 is 1.49 bits per heavy atom. The molecule has 2 saturated heterocycles. The zero-order valence-electron chi connectivity index (χ0n) is 24.1. The highest BCUT2D eigenvalue weighted by atomic mass is 19.1. The van der Waals surface area contributed by atoms with Gasteiger partial charge in [0.15, 0.2) is 0 Å². The van der Waals surface area contributed by atoms with Crippen LogP contribution in [0.25, 0.3) is 0 Å². The topological polar surface area (TPSA) is 94.2 Å². The van der Waals surface area contributed by atoms with Crippen molar-refractivity contribution in [1.82, 2.24) is 15.1 Å². The Labute approximate surface area is 249 Å². The van der Waals surface area contributed by atoms with Gasteiger partial charge in [-0.15, -0.1) is 0 Å². The van der Waals surface area contributed by atoms with Crippen molar-refractivity contribution in [2.75, 3.05) is 69.7 Å². The van der Waals surface area contributed by atoms with Gasteiger partial charge in [0.25, 0.3) is 17.7 Å². The standard InChI is InChI=1S/C32H35F2N5O4/c1-43-27-6-2-5-22(19-27)30(40)36-28-20-23(31(41)38-11-3-9-35-10-14-38)7-8-29(28)37-12-4-13-39(16-15-37)32(42)24-17-25(33)21-26(34)18-24/h2,5-8,17-21,35H,3-4,9-16H2,1H3,(H,36,40). The molecule has 0 aliphatic carbocycles. The van der Waals surface area contributed by atoms with Crippen LogP contribution in [0.3, 0.4) is 0 Å². The molecule has 3 amide bonds. The van der Waals surface area contributed by atoms with Gasteiger partial charge in [0.05, 0.1) is 18.5 Å². The van der Waals surface area contributed by atoms with Crippen molar-refractivity contribution in [3.63, 3.8) is 0 Å². The first-order valence-electron chi connectivity index (χ1n) is 14.4. The Morgan fingerprint density at radius 1 is 0.744 bits per heavy atom. The summed E-state index contributed by atoms with van der Waals surface area (Å²) in [7, 11) is 1.53. The molecule has 226 valence electrons. The van der Waals surface area contributed by atoms with Crippen LogP contribution in [-0.4, -0.2) is 87.0 Å². The number of anilines is 2. The van der Waals surface area contributed by atoms with Crippen LogP contribution in [0.15, 0.2) is 60.7 Å². The van der Waals surface area contributed by atoms with Gasteiger partial charge in [-0.2, -0.15) is 0 Å². The van der Waals surface area contributed by atoms with Crippen molar-refractivity contribution >= 4 is 29.1 Å². The molecule has 2 aliphatic heterocycles. The van der Waals surface area contributed by atoms with E-state index in [-0.39, 0.29) is 17.4 Å². The minimum absolute atomic E-state index is 0.0382. The highest BCUT2D eigenvalue weighted by Crippen LogP contribution is 2.30. The number of methoxy groups -OCH3 is 1. The minimum Gasteiger partial charge on any atom is -0.497 e. The highest BCUT2D eigenvalue weighted by molar-refractivity contribution is 6.07. The van der Waals surface area contributed by atoms with Crippen LogP contribution < -0.4 is 20.3 Å². The van der Waals surface area contributed by atoms with Gasteiger partial charge < -0.3 is 30.1 Å². The van der Waals surface area contributed by atoms with Crippen LogP contribution >= 0.6 is 0 Å². The second kappa shape index (κ2) is 13.6. The van der Waals surface area contributed by atoms with Gasteiger partial charge in [0.2, 0.25) is 0 Å². The molecule has 5 rings (SSSR count). The number of amides is 3. The normalized spacial score (nSPS) is 15.8. The zero-order chi connectivity index (χ0) is 30.3. The number of nitrogens with one attached hydrogen (secondary N) is 2. The van der Waals surface area contributed by atoms with Gasteiger partial charge in [-0.3, -0.25) is 14.4 Å². The van der Waals surface area contributed by atoms with Crippen molar-refractivity contribution in [2.45, 2.75) is 12.8 Å². The molecule has 3 aromatic carbocycles. The van der Waals surface area contributed by atoms with E-state index in [2.05, 4.69) is 10.6 Å². The molecule has 0 atom stereocenters. The van der Waals surface area contributed by atoms with E-state index >= 15 is 0 Å². The summed E-state index contributed by atoms with van der Waals surface area (Å²) in [5.74, 6) is -1.98. The Balaban J connectivity index is 1.40. The summed E-state index contributed by atoms with van der Waals surface area (Å²) >= 11 is 0. The average molecular weight is 592 g/mol. The first kappa shape index (κ1) is 30.0. The average Bonchev–Trinajstić information content (AvgIpc) is 3.44. The van der Waals surface area contributed by atoms with Gasteiger partial charge in [-0.1, -0.05) is 6.07 Å².